The van der Waals surface area contributed by atoms with Gasteiger partial charge in [0.2, 0.25) is 0 Å². The van der Waals surface area contributed by atoms with E-state index in [-0.39, 0.29) is 5.82 Å². The number of H-pyrrole nitrogens is 1. The van der Waals surface area contributed by atoms with Gasteiger partial charge in [-0.25, -0.2) is 9.37 Å². The number of aldehydes is 1. The number of aryl methyl sites for hydroxylation is 1. The van der Waals surface area contributed by atoms with Crippen LogP contribution >= 0.6 is 0 Å². The zero-order valence-corrected chi connectivity index (χ0v) is 26.3. The maximum atomic E-state index is 14.1. The van der Waals surface area contributed by atoms with Gasteiger partial charge < -0.3 is 24.1 Å². The zero-order valence-electron chi connectivity index (χ0n) is 26.3. The number of nitrogens with one attached hydrogen (secondary N) is 1. The highest BCUT2D eigenvalue weighted by Gasteiger charge is 2.54. The highest BCUT2D eigenvalue weighted by Crippen LogP contribution is 2.52. The number of hydrogen-bond donors (Lipinski definition) is 1. The Labute approximate surface area is 268 Å². The molecule has 0 atom stereocenters. The van der Waals surface area contributed by atoms with Crippen molar-refractivity contribution < 1.29 is 23.4 Å². The number of halogens is 1. The number of rotatable bonds is 8. The minimum atomic E-state index is -0.388. The van der Waals surface area contributed by atoms with Crippen LogP contribution in [-0.4, -0.2) is 85.1 Å². The van der Waals surface area contributed by atoms with E-state index in [0.29, 0.717) is 39.6 Å². The fourth-order valence-corrected chi connectivity index (χ4v) is 7.89. The van der Waals surface area contributed by atoms with Gasteiger partial charge in [0.1, 0.15) is 23.0 Å². The summed E-state index contributed by atoms with van der Waals surface area (Å²) in [7, 11) is 1.74. The molecule has 0 bridgehead atoms. The van der Waals surface area contributed by atoms with Crippen molar-refractivity contribution in [3.8, 4) is 23.0 Å². The second-order valence-electron chi connectivity index (χ2n) is 13.5. The lowest BCUT2D eigenvalue weighted by Crippen LogP contribution is -2.68. The van der Waals surface area contributed by atoms with Crippen LogP contribution in [0.15, 0.2) is 48.8 Å². The second-order valence-corrected chi connectivity index (χ2v) is 13.5. The molecule has 8 rings (SSSR count). The number of nitrogens with zero attached hydrogens (tertiary/aromatic N) is 4. The van der Waals surface area contributed by atoms with Crippen molar-refractivity contribution in [2.75, 3.05) is 57.9 Å². The predicted octanol–water partition coefficient (Wildman–Crippen LogP) is 5.82. The van der Waals surface area contributed by atoms with Crippen molar-refractivity contribution in [3.63, 3.8) is 0 Å². The van der Waals surface area contributed by atoms with Gasteiger partial charge in [-0.3, -0.25) is 14.6 Å². The van der Waals surface area contributed by atoms with Crippen LogP contribution in [0.1, 0.15) is 47.2 Å². The van der Waals surface area contributed by atoms with E-state index >= 15 is 0 Å². The Hall–Kier alpha value is -4.15. The number of aromatic amines is 1. The van der Waals surface area contributed by atoms with Crippen LogP contribution in [0, 0.1) is 11.2 Å². The molecule has 0 unspecified atom stereocenters. The smallest absolute Gasteiger partial charge is 0.164 e. The Bertz CT molecular complexity index is 1750. The Morgan fingerprint density at radius 2 is 1.93 bits per heavy atom. The summed E-state index contributed by atoms with van der Waals surface area (Å²) >= 11 is 0. The van der Waals surface area contributed by atoms with Gasteiger partial charge in [0.15, 0.2) is 17.8 Å². The third-order valence-electron chi connectivity index (χ3n) is 10.4. The van der Waals surface area contributed by atoms with E-state index in [2.05, 4.69) is 36.8 Å². The van der Waals surface area contributed by atoms with Gasteiger partial charge in [0, 0.05) is 75.2 Å². The minimum absolute atomic E-state index is 0.355. The molecular formula is C36H40FN5O4. The molecule has 240 valence electrons. The molecule has 2 saturated heterocycles. The number of anilines is 1. The summed E-state index contributed by atoms with van der Waals surface area (Å²) in [5.74, 6) is 2.26. The molecule has 3 fully saturated rings. The molecule has 1 saturated carbocycles. The molecule has 4 aliphatic rings. The van der Waals surface area contributed by atoms with Crippen LogP contribution in [0.3, 0.4) is 0 Å². The maximum Gasteiger partial charge on any atom is 0.164 e. The summed E-state index contributed by atoms with van der Waals surface area (Å²) in [5, 5.41) is 0.355. The molecule has 46 heavy (non-hydrogen) atoms. The summed E-state index contributed by atoms with van der Waals surface area (Å²) < 4.78 is 31.8. The average molecular weight is 626 g/mol. The zero-order chi connectivity index (χ0) is 31.3. The minimum Gasteiger partial charge on any atom is -0.493 e. The molecule has 1 spiro atoms. The summed E-state index contributed by atoms with van der Waals surface area (Å²) in [4.78, 5) is 26.4. The lowest BCUT2D eigenvalue weighted by atomic mass is 9.60. The number of fused-ring (bicyclic) bond motifs is 2. The molecule has 5 heterocycles. The van der Waals surface area contributed by atoms with Gasteiger partial charge in [-0.15, -0.1) is 0 Å². The van der Waals surface area contributed by atoms with Crippen LogP contribution in [0.4, 0.5) is 10.1 Å². The fourth-order valence-electron chi connectivity index (χ4n) is 7.89. The standard InChI is InChI=1S/C36H40FN5O4/c1-44-33-13-24(12-25-4-2-3-11-45-34(25)33)20-40-7-9-41(10-8-40)28-16-36(17-28)22-42(23-36)27-6-5-26(21-43)32(14-27)46-29-15-30-31(37)19-39-35(30)38-18-29/h5-6,12-15,18-19,21,28H,2-4,7-11,16-17,20,22-23H2,1H3,(H,38,39). The summed E-state index contributed by atoms with van der Waals surface area (Å²) in [6, 6.07) is 12.4. The molecule has 2 aromatic carbocycles. The van der Waals surface area contributed by atoms with Gasteiger partial charge in [-0.05, 0) is 67.5 Å². The lowest BCUT2D eigenvalue weighted by Gasteiger charge is -2.62. The van der Waals surface area contributed by atoms with Crippen LogP contribution in [0.5, 0.6) is 23.0 Å². The summed E-state index contributed by atoms with van der Waals surface area (Å²) in [6.07, 6.45) is 9.37. The van der Waals surface area contributed by atoms with Gasteiger partial charge in [-0.1, -0.05) is 6.07 Å². The average Bonchev–Trinajstić information content (AvgIpc) is 3.23. The Morgan fingerprint density at radius 1 is 1.09 bits per heavy atom. The first-order chi connectivity index (χ1) is 22.5. The van der Waals surface area contributed by atoms with Crippen molar-refractivity contribution >= 4 is 23.0 Å². The molecule has 1 N–H and O–H groups in total. The summed E-state index contributed by atoms with van der Waals surface area (Å²) in [5.41, 5.74) is 4.91. The van der Waals surface area contributed by atoms with Crippen LogP contribution in [0.25, 0.3) is 11.0 Å². The fraction of sp³-hybridized carbons (Fsp3) is 0.444. The second kappa shape index (κ2) is 11.9. The quantitative estimate of drug-likeness (QED) is 0.246. The number of hydrogen-bond acceptors (Lipinski definition) is 8. The number of carbonyl (C=O) groups is 1. The van der Waals surface area contributed by atoms with Gasteiger partial charge in [0.05, 0.1) is 30.9 Å². The number of ether oxygens (including phenoxy) is 3. The largest absolute Gasteiger partial charge is 0.493 e. The Morgan fingerprint density at radius 3 is 2.74 bits per heavy atom. The van der Waals surface area contributed by atoms with E-state index in [4.69, 9.17) is 14.2 Å². The predicted molar refractivity (Wildman–Crippen MR) is 174 cm³/mol. The molecule has 0 radical (unpaired) electrons. The Balaban J connectivity index is 0.842. The normalized spacial score (nSPS) is 20.0. The van der Waals surface area contributed by atoms with Crippen molar-refractivity contribution in [2.45, 2.75) is 44.7 Å². The van der Waals surface area contributed by atoms with E-state index in [0.717, 1.165) is 95.2 Å². The SMILES string of the molecule is COc1cc(CN2CCN(C3CC4(C3)CN(c3ccc(C=O)c(Oc5cnc6[nH]cc(F)c6c5)c3)C4)CC2)cc2c1OCCCC2. The van der Waals surface area contributed by atoms with Crippen LogP contribution < -0.4 is 19.1 Å². The van der Waals surface area contributed by atoms with E-state index in [9.17, 15) is 9.18 Å². The van der Waals surface area contributed by atoms with Crippen molar-refractivity contribution in [2.24, 2.45) is 5.41 Å². The molecule has 10 heteroatoms. The van der Waals surface area contributed by atoms with E-state index in [1.165, 1.54) is 36.4 Å². The molecule has 0 amide bonds. The van der Waals surface area contributed by atoms with Crippen molar-refractivity contribution in [1.82, 2.24) is 19.8 Å². The third-order valence-corrected chi connectivity index (χ3v) is 10.4. The molecule has 1 aliphatic carbocycles. The maximum absolute atomic E-state index is 14.1. The first-order valence-electron chi connectivity index (χ1n) is 16.4. The Kier molecular flexibility index (Phi) is 7.57. The molecule has 9 nitrogen and oxygen atoms in total. The van der Waals surface area contributed by atoms with E-state index < -0.39 is 0 Å². The van der Waals surface area contributed by atoms with Gasteiger partial charge >= 0.3 is 0 Å². The molecule has 3 aliphatic heterocycles. The van der Waals surface area contributed by atoms with Crippen LogP contribution in [0.2, 0.25) is 0 Å². The summed E-state index contributed by atoms with van der Waals surface area (Å²) in [6.45, 7) is 8.11. The number of aromatic nitrogens is 2. The lowest BCUT2D eigenvalue weighted by molar-refractivity contribution is -0.0380. The van der Waals surface area contributed by atoms with Crippen molar-refractivity contribution in [3.05, 3.63) is 71.3 Å². The van der Waals surface area contributed by atoms with E-state index in [1.54, 1.807) is 19.2 Å². The van der Waals surface area contributed by atoms with Crippen LogP contribution in [-0.2, 0) is 13.0 Å². The van der Waals surface area contributed by atoms with Gasteiger partial charge in [-0.2, -0.15) is 0 Å². The monoisotopic (exact) mass is 625 g/mol. The van der Waals surface area contributed by atoms with Crippen molar-refractivity contribution in [1.29, 1.82) is 0 Å². The number of pyridine rings is 1. The topological polar surface area (TPSA) is 83.2 Å². The number of carbonyl (C=O) groups excluding carboxylic acids is 1. The van der Waals surface area contributed by atoms with E-state index in [1.807, 2.05) is 12.1 Å². The molecular weight excluding hydrogens is 585 g/mol. The van der Waals surface area contributed by atoms with Gasteiger partial charge in [0.25, 0.3) is 0 Å². The first kappa shape index (κ1) is 29.3. The highest BCUT2D eigenvalue weighted by molar-refractivity contribution is 5.82. The third kappa shape index (κ3) is 5.47. The molecule has 4 aromatic rings. The number of piperazine rings is 1. The first-order valence-corrected chi connectivity index (χ1v) is 16.4. The number of methoxy groups -OCH3 is 1. The molecule has 2 aromatic heterocycles. The highest BCUT2D eigenvalue weighted by atomic mass is 19.1. The number of benzene rings is 2.